The van der Waals surface area contributed by atoms with Crippen molar-refractivity contribution in [2.75, 3.05) is 18.4 Å². The fourth-order valence-electron chi connectivity index (χ4n) is 2.94. The van der Waals surface area contributed by atoms with Gasteiger partial charge in [0.05, 0.1) is 0 Å². The van der Waals surface area contributed by atoms with Crippen molar-refractivity contribution in [3.63, 3.8) is 0 Å². The monoisotopic (exact) mass is 436 g/mol. The van der Waals surface area contributed by atoms with Crippen molar-refractivity contribution < 1.29 is 14.4 Å². The van der Waals surface area contributed by atoms with Crippen LogP contribution >= 0.6 is 11.3 Å². The van der Waals surface area contributed by atoms with Crippen molar-refractivity contribution in [2.24, 2.45) is 5.73 Å². The number of rotatable bonds is 8. The molecule has 8 heteroatoms. The van der Waals surface area contributed by atoms with E-state index in [2.05, 4.69) is 10.3 Å². The van der Waals surface area contributed by atoms with Gasteiger partial charge in [-0.05, 0) is 38.1 Å². The van der Waals surface area contributed by atoms with E-state index in [1.165, 1.54) is 11.3 Å². The number of thiazole rings is 1. The predicted molar refractivity (Wildman–Crippen MR) is 122 cm³/mol. The molecule has 0 aliphatic heterocycles. The Bertz CT molecular complexity index is 1070. The fraction of sp³-hybridized carbons (Fsp3) is 0.217. The largest absolute Gasteiger partial charge is 0.366 e. The van der Waals surface area contributed by atoms with E-state index in [9.17, 15) is 14.4 Å². The Labute approximate surface area is 184 Å². The van der Waals surface area contributed by atoms with Gasteiger partial charge >= 0.3 is 0 Å². The Hall–Kier alpha value is -3.52. The van der Waals surface area contributed by atoms with E-state index in [-0.39, 0.29) is 24.8 Å². The highest BCUT2D eigenvalue weighted by atomic mass is 32.1. The first-order valence-corrected chi connectivity index (χ1v) is 10.8. The van der Waals surface area contributed by atoms with E-state index in [0.717, 1.165) is 16.1 Å². The molecule has 0 fully saturated rings. The van der Waals surface area contributed by atoms with Crippen molar-refractivity contribution in [1.82, 2.24) is 9.88 Å². The first-order chi connectivity index (χ1) is 14.9. The molecule has 0 bridgehead atoms. The number of carbonyl (C=O) groups is 3. The summed E-state index contributed by atoms with van der Waals surface area (Å²) in [5.74, 6) is -0.949. The molecule has 7 nitrogen and oxygen atoms in total. The predicted octanol–water partition coefficient (Wildman–Crippen LogP) is 3.71. The third kappa shape index (κ3) is 5.76. The van der Waals surface area contributed by atoms with Gasteiger partial charge in [-0.1, -0.05) is 29.8 Å². The van der Waals surface area contributed by atoms with E-state index in [1.807, 2.05) is 38.1 Å². The first kappa shape index (κ1) is 22.2. The van der Waals surface area contributed by atoms with Crippen LogP contribution in [0.1, 0.15) is 39.8 Å². The molecule has 0 saturated carbocycles. The number of nitrogens with one attached hydrogen (secondary N) is 1. The summed E-state index contributed by atoms with van der Waals surface area (Å²) in [7, 11) is 0. The smallest absolute Gasteiger partial charge is 0.273 e. The van der Waals surface area contributed by atoms with Gasteiger partial charge in [0.15, 0.2) is 0 Å². The average molecular weight is 437 g/mol. The van der Waals surface area contributed by atoms with Crippen molar-refractivity contribution in [3.8, 4) is 10.6 Å². The van der Waals surface area contributed by atoms with Crippen LogP contribution in [-0.4, -0.2) is 40.7 Å². The standard InChI is InChI=1S/C23H24N4O3S/c1-3-27(13-12-20(28)25-18-10-8-16(9-11-18)21(24)29)23(30)19-14-31-22(26-19)17-6-4-15(2)5-7-17/h4-11,14H,3,12-13H2,1-2H3,(H2,24,29)(H,25,28). The summed E-state index contributed by atoms with van der Waals surface area (Å²) in [6.45, 7) is 4.63. The number of aromatic nitrogens is 1. The molecule has 3 rings (SSSR count). The summed E-state index contributed by atoms with van der Waals surface area (Å²) in [4.78, 5) is 42.3. The highest BCUT2D eigenvalue weighted by molar-refractivity contribution is 7.13. The number of hydrogen-bond donors (Lipinski definition) is 2. The zero-order valence-electron chi connectivity index (χ0n) is 17.4. The molecule has 1 heterocycles. The van der Waals surface area contributed by atoms with Gasteiger partial charge in [0.1, 0.15) is 10.7 Å². The van der Waals surface area contributed by atoms with E-state index in [1.54, 1.807) is 34.5 Å². The molecule has 1 aromatic heterocycles. The van der Waals surface area contributed by atoms with Crippen molar-refractivity contribution >= 4 is 34.7 Å². The Morgan fingerprint density at radius 3 is 2.35 bits per heavy atom. The number of carbonyl (C=O) groups excluding carboxylic acids is 3. The lowest BCUT2D eigenvalue weighted by atomic mass is 10.2. The van der Waals surface area contributed by atoms with Crippen molar-refractivity contribution in [3.05, 3.63) is 70.7 Å². The van der Waals surface area contributed by atoms with Crippen LogP contribution in [-0.2, 0) is 4.79 Å². The molecule has 0 spiro atoms. The molecular formula is C23H24N4O3S. The molecule has 31 heavy (non-hydrogen) atoms. The molecule has 3 amide bonds. The third-order valence-electron chi connectivity index (χ3n) is 4.75. The van der Waals surface area contributed by atoms with Crippen molar-refractivity contribution in [1.29, 1.82) is 0 Å². The number of nitrogens with zero attached hydrogens (tertiary/aromatic N) is 2. The number of primary amides is 1. The van der Waals surface area contributed by atoms with Crippen LogP contribution in [0.25, 0.3) is 10.6 Å². The van der Waals surface area contributed by atoms with E-state index in [4.69, 9.17) is 5.73 Å². The molecule has 0 aliphatic rings. The lowest BCUT2D eigenvalue weighted by Gasteiger charge is -2.19. The van der Waals surface area contributed by atoms with Gasteiger partial charge in [-0.3, -0.25) is 14.4 Å². The summed E-state index contributed by atoms with van der Waals surface area (Å²) >= 11 is 1.42. The Kier molecular flexibility index (Phi) is 7.15. The minimum Gasteiger partial charge on any atom is -0.366 e. The molecule has 0 atom stereocenters. The molecule has 160 valence electrons. The van der Waals surface area contributed by atoms with E-state index in [0.29, 0.717) is 23.5 Å². The maximum atomic E-state index is 12.8. The number of aryl methyl sites for hydroxylation is 1. The topological polar surface area (TPSA) is 105 Å². The van der Waals surface area contributed by atoms with Crippen LogP contribution in [0, 0.1) is 6.92 Å². The molecule has 3 N–H and O–H groups in total. The Balaban J connectivity index is 1.58. The fourth-order valence-corrected chi connectivity index (χ4v) is 3.74. The Morgan fingerprint density at radius 1 is 1.06 bits per heavy atom. The van der Waals surface area contributed by atoms with Gasteiger partial charge in [-0.25, -0.2) is 4.98 Å². The number of nitrogens with two attached hydrogens (primary N) is 1. The number of anilines is 1. The summed E-state index contributed by atoms with van der Waals surface area (Å²) in [5, 5.41) is 5.29. The van der Waals surface area contributed by atoms with Crippen LogP contribution in [0.2, 0.25) is 0 Å². The molecule has 3 aromatic rings. The quantitative estimate of drug-likeness (QED) is 0.561. The normalized spacial score (nSPS) is 10.5. The lowest BCUT2D eigenvalue weighted by molar-refractivity contribution is -0.116. The second kappa shape index (κ2) is 9.99. The van der Waals surface area contributed by atoms with E-state index >= 15 is 0 Å². The second-order valence-corrected chi connectivity index (χ2v) is 7.89. The second-order valence-electron chi connectivity index (χ2n) is 7.03. The molecule has 0 radical (unpaired) electrons. The summed E-state index contributed by atoms with van der Waals surface area (Å²) in [5.41, 5.74) is 8.66. The third-order valence-corrected chi connectivity index (χ3v) is 5.64. The van der Waals surface area contributed by atoms with Crippen LogP contribution in [0.4, 0.5) is 5.69 Å². The van der Waals surface area contributed by atoms with Crippen molar-refractivity contribution in [2.45, 2.75) is 20.3 Å². The highest BCUT2D eigenvalue weighted by Crippen LogP contribution is 2.24. The van der Waals surface area contributed by atoms with Crippen LogP contribution in [0.15, 0.2) is 53.9 Å². The zero-order chi connectivity index (χ0) is 22.4. The molecule has 0 aliphatic carbocycles. The zero-order valence-corrected chi connectivity index (χ0v) is 18.2. The van der Waals surface area contributed by atoms with Gasteiger partial charge < -0.3 is 16.0 Å². The molecule has 0 saturated heterocycles. The Morgan fingerprint density at radius 2 is 1.74 bits per heavy atom. The number of amides is 3. The number of benzene rings is 2. The summed E-state index contributed by atoms with van der Waals surface area (Å²) in [6.07, 6.45) is 0.145. The average Bonchev–Trinajstić information content (AvgIpc) is 3.25. The lowest BCUT2D eigenvalue weighted by Crippen LogP contribution is -2.33. The van der Waals surface area contributed by atoms with Crippen LogP contribution in [0.5, 0.6) is 0 Å². The molecular weight excluding hydrogens is 412 g/mol. The maximum Gasteiger partial charge on any atom is 0.273 e. The summed E-state index contributed by atoms with van der Waals surface area (Å²) in [6, 6.07) is 14.3. The maximum absolute atomic E-state index is 12.8. The van der Waals surface area contributed by atoms with Gasteiger partial charge in [0.25, 0.3) is 5.91 Å². The minimum atomic E-state index is -0.525. The molecule has 0 unspecified atom stereocenters. The number of hydrogen-bond acceptors (Lipinski definition) is 5. The van der Waals surface area contributed by atoms with Crippen LogP contribution < -0.4 is 11.1 Å². The minimum absolute atomic E-state index is 0.145. The first-order valence-electron chi connectivity index (χ1n) is 9.89. The van der Waals surface area contributed by atoms with Gasteiger partial charge in [-0.2, -0.15) is 0 Å². The van der Waals surface area contributed by atoms with Gasteiger partial charge in [-0.15, -0.1) is 11.3 Å². The highest BCUT2D eigenvalue weighted by Gasteiger charge is 2.19. The van der Waals surface area contributed by atoms with Crippen LogP contribution in [0.3, 0.4) is 0 Å². The van der Waals surface area contributed by atoms with Gasteiger partial charge in [0, 0.05) is 41.7 Å². The summed E-state index contributed by atoms with van der Waals surface area (Å²) < 4.78 is 0. The van der Waals surface area contributed by atoms with Gasteiger partial charge in [0.2, 0.25) is 11.8 Å². The SMILES string of the molecule is CCN(CCC(=O)Nc1ccc(C(N)=O)cc1)C(=O)c1csc(-c2ccc(C)cc2)n1. The van der Waals surface area contributed by atoms with E-state index < -0.39 is 5.91 Å². The molecule has 2 aromatic carbocycles.